The molecular formula is C16H25N3. The number of piperazine rings is 1. The van der Waals surface area contributed by atoms with E-state index in [4.69, 9.17) is 0 Å². The molecule has 0 unspecified atom stereocenters. The number of nitrogens with zero attached hydrogens (tertiary/aromatic N) is 2. The quantitative estimate of drug-likeness (QED) is 0.897. The lowest BCUT2D eigenvalue weighted by atomic mass is 9.97. The van der Waals surface area contributed by atoms with Crippen LogP contribution in [0.25, 0.3) is 0 Å². The highest BCUT2D eigenvalue weighted by molar-refractivity contribution is 5.56. The van der Waals surface area contributed by atoms with E-state index in [9.17, 15) is 0 Å². The minimum atomic E-state index is 1.13. The molecule has 0 spiro atoms. The molecule has 0 saturated carbocycles. The summed E-state index contributed by atoms with van der Waals surface area (Å²) in [7, 11) is 0. The fourth-order valence-corrected chi connectivity index (χ4v) is 3.24. The molecule has 0 amide bonds. The summed E-state index contributed by atoms with van der Waals surface area (Å²) in [6.07, 6.45) is 2.51. The van der Waals surface area contributed by atoms with Gasteiger partial charge in [-0.3, -0.25) is 4.90 Å². The molecular weight excluding hydrogens is 234 g/mol. The monoisotopic (exact) mass is 259 g/mol. The minimum Gasteiger partial charge on any atom is -0.385 e. The van der Waals surface area contributed by atoms with Gasteiger partial charge in [0.1, 0.15) is 0 Å². The second kappa shape index (κ2) is 5.93. The molecule has 0 bridgehead atoms. The predicted octanol–water partition coefficient (Wildman–Crippen LogP) is 2.18. The van der Waals surface area contributed by atoms with E-state index in [2.05, 4.69) is 40.2 Å². The first-order valence-corrected chi connectivity index (χ1v) is 7.66. The van der Waals surface area contributed by atoms with Crippen molar-refractivity contribution in [3.8, 4) is 0 Å². The lowest BCUT2D eigenvalue weighted by Crippen LogP contribution is -2.45. The Bertz CT molecular complexity index is 422. The van der Waals surface area contributed by atoms with E-state index < -0.39 is 0 Å². The Balaban J connectivity index is 1.67. The number of hydrogen-bond acceptors (Lipinski definition) is 3. The number of likely N-dealkylation sites (N-methyl/N-ethyl adjacent to an activating group) is 1. The van der Waals surface area contributed by atoms with Gasteiger partial charge in [-0.15, -0.1) is 0 Å². The molecule has 2 heterocycles. The molecule has 104 valence electrons. The molecule has 0 aromatic heterocycles. The van der Waals surface area contributed by atoms with Crippen molar-refractivity contribution >= 4 is 5.69 Å². The van der Waals surface area contributed by atoms with Crippen LogP contribution in [0.1, 0.15) is 24.5 Å². The van der Waals surface area contributed by atoms with Crippen LogP contribution in [0, 0.1) is 0 Å². The first-order chi connectivity index (χ1) is 9.36. The molecule has 1 saturated heterocycles. The molecule has 3 rings (SSSR count). The van der Waals surface area contributed by atoms with Crippen LogP contribution in [-0.2, 0) is 13.0 Å². The van der Waals surface area contributed by atoms with Gasteiger partial charge < -0.3 is 10.2 Å². The van der Waals surface area contributed by atoms with E-state index >= 15 is 0 Å². The van der Waals surface area contributed by atoms with Crippen molar-refractivity contribution in [2.75, 3.05) is 44.6 Å². The molecule has 3 nitrogen and oxygen atoms in total. The fraction of sp³-hybridized carbons (Fsp3) is 0.625. The van der Waals surface area contributed by atoms with Crippen molar-refractivity contribution in [2.24, 2.45) is 0 Å². The second-order valence-electron chi connectivity index (χ2n) is 5.68. The highest BCUT2D eigenvalue weighted by atomic mass is 15.3. The molecule has 0 aliphatic carbocycles. The highest BCUT2D eigenvalue weighted by Crippen LogP contribution is 2.26. The van der Waals surface area contributed by atoms with Crippen molar-refractivity contribution < 1.29 is 0 Å². The van der Waals surface area contributed by atoms with Crippen LogP contribution in [0.2, 0.25) is 0 Å². The Morgan fingerprint density at radius 1 is 1.11 bits per heavy atom. The molecule has 2 aliphatic rings. The summed E-state index contributed by atoms with van der Waals surface area (Å²) >= 11 is 0. The minimum absolute atomic E-state index is 1.13. The molecule has 1 N–H and O–H groups in total. The standard InChI is InChI=1S/C16H25N3/c1-2-18-9-11-19(12-10-18)13-14-5-3-7-16-15(14)6-4-8-17-16/h3,5,7,17H,2,4,6,8-13H2,1H3. The Morgan fingerprint density at radius 2 is 1.89 bits per heavy atom. The van der Waals surface area contributed by atoms with Crippen molar-refractivity contribution in [2.45, 2.75) is 26.3 Å². The molecule has 0 radical (unpaired) electrons. The van der Waals surface area contributed by atoms with Crippen LogP contribution in [0.15, 0.2) is 18.2 Å². The second-order valence-corrected chi connectivity index (χ2v) is 5.68. The number of anilines is 1. The number of benzene rings is 1. The van der Waals surface area contributed by atoms with E-state index in [1.165, 1.54) is 56.8 Å². The molecule has 19 heavy (non-hydrogen) atoms. The van der Waals surface area contributed by atoms with Crippen LogP contribution in [-0.4, -0.2) is 49.1 Å². The zero-order chi connectivity index (χ0) is 13.1. The maximum Gasteiger partial charge on any atom is 0.0375 e. The maximum atomic E-state index is 3.53. The molecule has 1 aromatic carbocycles. The van der Waals surface area contributed by atoms with E-state index in [0.29, 0.717) is 0 Å². The van der Waals surface area contributed by atoms with Crippen molar-refractivity contribution in [3.63, 3.8) is 0 Å². The van der Waals surface area contributed by atoms with E-state index in [-0.39, 0.29) is 0 Å². The highest BCUT2D eigenvalue weighted by Gasteiger charge is 2.18. The van der Waals surface area contributed by atoms with E-state index in [1.54, 1.807) is 5.56 Å². The SMILES string of the molecule is CCN1CCN(Cc2cccc3c2CCCN3)CC1. The summed E-state index contributed by atoms with van der Waals surface area (Å²) in [5.74, 6) is 0. The Labute approximate surface area is 116 Å². The van der Waals surface area contributed by atoms with Crippen molar-refractivity contribution in [3.05, 3.63) is 29.3 Å². The van der Waals surface area contributed by atoms with Gasteiger partial charge in [0, 0.05) is 45.0 Å². The van der Waals surface area contributed by atoms with Gasteiger partial charge in [-0.05, 0) is 36.6 Å². The van der Waals surface area contributed by atoms with E-state index in [1.807, 2.05) is 0 Å². The zero-order valence-electron chi connectivity index (χ0n) is 12.0. The van der Waals surface area contributed by atoms with Gasteiger partial charge in [-0.25, -0.2) is 0 Å². The lowest BCUT2D eigenvalue weighted by molar-refractivity contribution is 0.131. The fourth-order valence-electron chi connectivity index (χ4n) is 3.24. The summed E-state index contributed by atoms with van der Waals surface area (Å²) < 4.78 is 0. The van der Waals surface area contributed by atoms with Crippen molar-refractivity contribution in [1.82, 2.24) is 9.80 Å². The first-order valence-electron chi connectivity index (χ1n) is 7.66. The predicted molar refractivity (Wildman–Crippen MR) is 80.6 cm³/mol. The van der Waals surface area contributed by atoms with Crippen LogP contribution in [0.3, 0.4) is 0 Å². The van der Waals surface area contributed by atoms with Crippen LogP contribution >= 0.6 is 0 Å². The third-order valence-electron chi connectivity index (χ3n) is 4.50. The average molecular weight is 259 g/mol. The van der Waals surface area contributed by atoms with E-state index in [0.717, 1.165) is 13.1 Å². The summed E-state index contributed by atoms with van der Waals surface area (Å²) in [4.78, 5) is 5.15. The van der Waals surface area contributed by atoms with Crippen molar-refractivity contribution in [1.29, 1.82) is 0 Å². The maximum absolute atomic E-state index is 3.53. The number of fused-ring (bicyclic) bond motifs is 1. The summed E-state index contributed by atoms with van der Waals surface area (Å²) in [5.41, 5.74) is 4.47. The van der Waals surface area contributed by atoms with Gasteiger partial charge in [0.25, 0.3) is 0 Å². The zero-order valence-corrected chi connectivity index (χ0v) is 12.0. The third-order valence-corrected chi connectivity index (χ3v) is 4.50. The molecule has 1 fully saturated rings. The Morgan fingerprint density at radius 3 is 2.68 bits per heavy atom. The Kier molecular flexibility index (Phi) is 4.04. The van der Waals surface area contributed by atoms with Gasteiger partial charge in [-0.2, -0.15) is 0 Å². The molecule has 2 aliphatic heterocycles. The topological polar surface area (TPSA) is 18.5 Å². The lowest BCUT2D eigenvalue weighted by Gasteiger charge is -2.34. The summed E-state index contributed by atoms with van der Waals surface area (Å²) in [6.45, 7) is 10.6. The van der Waals surface area contributed by atoms with Gasteiger partial charge >= 0.3 is 0 Å². The average Bonchev–Trinajstić information content (AvgIpc) is 2.48. The van der Waals surface area contributed by atoms with Gasteiger partial charge in [0.05, 0.1) is 0 Å². The largest absolute Gasteiger partial charge is 0.385 e. The summed E-state index contributed by atoms with van der Waals surface area (Å²) in [5, 5.41) is 3.53. The Hall–Kier alpha value is -1.06. The van der Waals surface area contributed by atoms with Crippen LogP contribution in [0.5, 0.6) is 0 Å². The van der Waals surface area contributed by atoms with Gasteiger partial charge in [0.15, 0.2) is 0 Å². The van der Waals surface area contributed by atoms with Crippen LogP contribution < -0.4 is 5.32 Å². The number of rotatable bonds is 3. The van der Waals surface area contributed by atoms with Gasteiger partial charge in [-0.1, -0.05) is 19.1 Å². The normalized spacial score (nSPS) is 20.9. The van der Waals surface area contributed by atoms with Crippen LogP contribution in [0.4, 0.5) is 5.69 Å². The molecule has 0 atom stereocenters. The number of nitrogens with one attached hydrogen (secondary N) is 1. The molecule has 1 aromatic rings. The smallest absolute Gasteiger partial charge is 0.0375 e. The summed E-state index contributed by atoms with van der Waals surface area (Å²) in [6, 6.07) is 6.75. The first kappa shape index (κ1) is 12.9. The van der Waals surface area contributed by atoms with Gasteiger partial charge in [0.2, 0.25) is 0 Å². The number of hydrogen-bond donors (Lipinski definition) is 1. The molecule has 3 heteroatoms. The third kappa shape index (κ3) is 2.93.